The SMILES string of the molecule is C[C@H]1c2ccc(-c3ccc(C=O)cc3)c(O)c2C(=O)C2C(=O)[C@]3(O)C(=O)C(C(N)=O)C(=O)[C@@H](N(C)C)[C@@H]3[C@@H](O)[C@@H]21. The molecule has 2 fully saturated rings. The molecule has 2 unspecified atom stereocenters. The Hall–Kier alpha value is -4.06. The molecule has 3 aliphatic rings. The van der Waals surface area contributed by atoms with Crippen molar-refractivity contribution in [3.63, 3.8) is 0 Å². The first-order valence-corrected chi connectivity index (χ1v) is 12.7. The molecule has 0 bridgehead atoms. The van der Waals surface area contributed by atoms with E-state index in [0.29, 0.717) is 23.0 Å². The van der Waals surface area contributed by atoms with Crippen LogP contribution in [0.25, 0.3) is 11.1 Å². The van der Waals surface area contributed by atoms with Crippen LogP contribution in [0.3, 0.4) is 0 Å². The van der Waals surface area contributed by atoms with E-state index in [1.165, 1.54) is 31.1 Å². The number of rotatable bonds is 4. The number of Topliss-reactive ketones (excluding diaryl/α,β-unsaturated/α-hetero) is 4. The summed E-state index contributed by atoms with van der Waals surface area (Å²) < 4.78 is 0. The fourth-order valence-electron chi connectivity index (χ4n) is 6.96. The summed E-state index contributed by atoms with van der Waals surface area (Å²) in [4.78, 5) is 79.0. The van der Waals surface area contributed by atoms with Gasteiger partial charge in [0.1, 0.15) is 12.0 Å². The molecular weight excluding hydrogens is 520 g/mol. The number of nitrogens with zero attached hydrogens (tertiary/aromatic N) is 1. The highest BCUT2D eigenvalue weighted by Gasteiger charge is 2.72. The van der Waals surface area contributed by atoms with Gasteiger partial charge >= 0.3 is 0 Å². The number of phenols is 1. The van der Waals surface area contributed by atoms with E-state index in [9.17, 15) is 44.1 Å². The Balaban J connectivity index is 1.68. The molecule has 3 aliphatic carbocycles. The minimum absolute atomic E-state index is 0.191. The third-order valence-corrected chi connectivity index (χ3v) is 8.85. The molecule has 5 N–H and O–H groups in total. The lowest BCUT2D eigenvalue weighted by molar-refractivity contribution is -0.196. The van der Waals surface area contributed by atoms with Gasteiger partial charge in [0.05, 0.1) is 29.5 Å². The molecule has 0 radical (unpaired) electrons. The maximum absolute atomic E-state index is 14.0. The van der Waals surface area contributed by atoms with Crippen LogP contribution in [-0.4, -0.2) is 87.4 Å². The number of benzene rings is 2. The molecule has 0 heterocycles. The number of aromatic hydroxyl groups is 1. The molecule has 2 saturated carbocycles. The number of amides is 1. The van der Waals surface area contributed by atoms with Crippen molar-refractivity contribution in [3.8, 4) is 16.9 Å². The summed E-state index contributed by atoms with van der Waals surface area (Å²) in [6.45, 7) is 1.64. The topological polar surface area (TPSA) is 192 Å². The van der Waals surface area contributed by atoms with Crippen molar-refractivity contribution in [3.05, 3.63) is 53.1 Å². The fraction of sp³-hybridized carbons (Fsp3) is 0.379. The average Bonchev–Trinajstić information content (AvgIpc) is 2.90. The van der Waals surface area contributed by atoms with Crippen LogP contribution in [0, 0.1) is 23.7 Å². The van der Waals surface area contributed by atoms with Gasteiger partial charge < -0.3 is 21.1 Å². The number of likely N-dealkylation sites (N-methyl/N-ethyl adjacent to an activating group) is 1. The van der Waals surface area contributed by atoms with Gasteiger partial charge in [-0.3, -0.25) is 33.7 Å². The van der Waals surface area contributed by atoms with Crippen molar-refractivity contribution in [2.75, 3.05) is 14.1 Å². The second-order valence-corrected chi connectivity index (χ2v) is 11.0. The predicted molar refractivity (Wildman–Crippen MR) is 138 cm³/mol. The monoisotopic (exact) mass is 548 g/mol. The van der Waals surface area contributed by atoms with E-state index < -0.39 is 82.1 Å². The van der Waals surface area contributed by atoms with E-state index in [0.717, 1.165) is 0 Å². The number of aliphatic hydroxyl groups excluding tert-OH is 1. The molecule has 2 aromatic rings. The minimum atomic E-state index is -3.05. The van der Waals surface area contributed by atoms with Crippen molar-refractivity contribution in [2.24, 2.45) is 29.4 Å². The zero-order valence-electron chi connectivity index (χ0n) is 21.9. The molecular formula is C29H28N2O9. The first kappa shape index (κ1) is 27.5. The molecule has 40 heavy (non-hydrogen) atoms. The lowest BCUT2D eigenvalue weighted by Gasteiger charge is -2.56. The van der Waals surface area contributed by atoms with E-state index in [4.69, 9.17) is 5.73 Å². The molecule has 0 spiro atoms. The van der Waals surface area contributed by atoms with Crippen LogP contribution in [0.2, 0.25) is 0 Å². The van der Waals surface area contributed by atoms with Crippen LogP contribution in [0.4, 0.5) is 0 Å². The number of aliphatic hydroxyl groups is 2. The number of ketones is 4. The van der Waals surface area contributed by atoms with E-state index in [2.05, 4.69) is 0 Å². The van der Waals surface area contributed by atoms with Gasteiger partial charge in [0.25, 0.3) is 0 Å². The Morgan fingerprint density at radius 1 is 1.02 bits per heavy atom. The number of carbonyl (C=O) groups is 6. The van der Waals surface area contributed by atoms with Crippen molar-refractivity contribution in [1.82, 2.24) is 4.90 Å². The van der Waals surface area contributed by atoms with Crippen LogP contribution < -0.4 is 5.73 Å². The third-order valence-electron chi connectivity index (χ3n) is 8.85. The number of hydrogen-bond donors (Lipinski definition) is 4. The van der Waals surface area contributed by atoms with E-state index in [1.54, 1.807) is 31.2 Å². The molecule has 0 saturated heterocycles. The summed E-state index contributed by atoms with van der Waals surface area (Å²) in [7, 11) is 2.87. The number of hydrogen-bond acceptors (Lipinski definition) is 10. The van der Waals surface area contributed by atoms with Gasteiger partial charge in [0.15, 0.2) is 34.7 Å². The third kappa shape index (κ3) is 3.48. The highest BCUT2D eigenvalue weighted by molar-refractivity contribution is 6.32. The van der Waals surface area contributed by atoms with Gasteiger partial charge in [0.2, 0.25) is 5.91 Å². The van der Waals surface area contributed by atoms with E-state index in [1.807, 2.05) is 0 Å². The second kappa shape index (κ2) is 9.26. The first-order chi connectivity index (χ1) is 18.8. The van der Waals surface area contributed by atoms with E-state index in [-0.39, 0.29) is 11.1 Å². The van der Waals surface area contributed by atoms with Crippen LogP contribution >= 0.6 is 0 Å². The molecule has 8 atom stereocenters. The number of carbonyl (C=O) groups excluding carboxylic acids is 6. The Labute approximate surface area is 228 Å². The van der Waals surface area contributed by atoms with Crippen molar-refractivity contribution in [1.29, 1.82) is 0 Å². The molecule has 2 aromatic carbocycles. The molecule has 208 valence electrons. The van der Waals surface area contributed by atoms with Crippen molar-refractivity contribution >= 4 is 35.3 Å². The molecule has 0 aromatic heterocycles. The molecule has 0 aliphatic heterocycles. The van der Waals surface area contributed by atoms with Gasteiger partial charge in [-0.2, -0.15) is 0 Å². The first-order valence-electron chi connectivity index (χ1n) is 12.7. The summed E-state index contributed by atoms with van der Waals surface area (Å²) in [5.41, 5.74) is 3.57. The minimum Gasteiger partial charge on any atom is -0.507 e. The Bertz CT molecular complexity index is 1500. The maximum atomic E-state index is 14.0. The van der Waals surface area contributed by atoms with Crippen LogP contribution in [-0.2, 0) is 19.2 Å². The fourth-order valence-corrected chi connectivity index (χ4v) is 6.96. The van der Waals surface area contributed by atoms with Gasteiger partial charge in [-0.1, -0.05) is 43.3 Å². The Morgan fingerprint density at radius 3 is 2.20 bits per heavy atom. The largest absolute Gasteiger partial charge is 0.507 e. The van der Waals surface area contributed by atoms with Crippen molar-refractivity contribution < 1.29 is 44.1 Å². The van der Waals surface area contributed by atoms with Gasteiger partial charge in [-0.15, -0.1) is 0 Å². The number of aldehydes is 1. The lowest BCUT2D eigenvalue weighted by Crippen LogP contribution is -2.77. The quantitative estimate of drug-likeness (QED) is 0.296. The van der Waals surface area contributed by atoms with Gasteiger partial charge in [0, 0.05) is 17.0 Å². The Morgan fingerprint density at radius 2 is 1.65 bits per heavy atom. The summed E-state index contributed by atoms with van der Waals surface area (Å²) in [5.74, 6) is -13.7. The smallest absolute Gasteiger partial charge is 0.235 e. The van der Waals surface area contributed by atoms with Crippen LogP contribution in [0.15, 0.2) is 36.4 Å². The summed E-state index contributed by atoms with van der Waals surface area (Å²) in [6.07, 6.45) is -1.03. The second-order valence-electron chi connectivity index (χ2n) is 11.0. The molecule has 11 nitrogen and oxygen atoms in total. The summed E-state index contributed by atoms with van der Waals surface area (Å²) in [6, 6.07) is 7.98. The zero-order valence-corrected chi connectivity index (χ0v) is 21.9. The molecule has 11 heteroatoms. The predicted octanol–water partition coefficient (Wildman–Crippen LogP) is -0.122. The molecule has 5 rings (SSSR count). The normalized spacial score (nSPS) is 33.3. The average molecular weight is 549 g/mol. The lowest BCUT2D eigenvalue weighted by atomic mass is 9.49. The summed E-state index contributed by atoms with van der Waals surface area (Å²) in [5, 5.41) is 34.6. The number of phenolic OH excluding ortho intramolecular Hbond substituents is 1. The van der Waals surface area contributed by atoms with Crippen molar-refractivity contribution in [2.45, 2.75) is 30.6 Å². The van der Waals surface area contributed by atoms with Crippen LogP contribution in [0.5, 0.6) is 5.75 Å². The standard InChI is InChI=1S/C29H28N2O9/c1-11-14-8-9-15(13-6-4-12(10-32)5-7-13)22(33)17(14)23(34)18-16(11)24(35)20-21(31(2)3)25(36)19(28(30)39)27(38)29(20,40)26(18)37/h4-11,16,18-21,24,33,35,40H,1-3H3,(H2,30,39)/t11-,16+,18?,19?,20+,21-,24-,29-/m0/s1. The highest BCUT2D eigenvalue weighted by Crippen LogP contribution is 2.55. The van der Waals surface area contributed by atoms with Gasteiger partial charge in [-0.25, -0.2) is 0 Å². The molecule has 1 amide bonds. The Kier molecular flexibility index (Phi) is 6.36. The summed E-state index contributed by atoms with van der Waals surface area (Å²) >= 11 is 0. The number of fused-ring (bicyclic) bond motifs is 3. The number of nitrogens with two attached hydrogens (primary N) is 1. The highest BCUT2D eigenvalue weighted by atomic mass is 16.3. The number of primary amides is 1. The van der Waals surface area contributed by atoms with Crippen LogP contribution in [0.1, 0.15) is 39.1 Å². The zero-order chi connectivity index (χ0) is 29.4. The van der Waals surface area contributed by atoms with E-state index >= 15 is 0 Å². The maximum Gasteiger partial charge on any atom is 0.235 e. The van der Waals surface area contributed by atoms with Gasteiger partial charge in [-0.05, 0) is 31.1 Å².